The number of anilines is 1. The highest BCUT2D eigenvalue weighted by molar-refractivity contribution is 7.80. The van der Waals surface area contributed by atoms with Gasteiger partial charge < -0.3 is 14.8 Å². The van der Waals surface area contributed by atoms with Crippen LogP contribution in [0.25, 0.3) is 0 Å². The van der Waals surface area contributed by atoms with Gasteiger partial charge in [0.05, 0.1) is 12.0 Å². The topological polar surface area (TPSA) is 98.0 Å². The van der Waals surface area contributed by atoms with Gasteiger partial charge in [-0.15, -0.1) is 0 Å². The summed E-state index contributed by atoms with van der Waals surface area (Å²) in [7, 11) is 1.60. The zero-order valence-electron chi connectivity index (χ0n) is 18.3. The number of nitro benzene ring substituents is 1. The number of thiocarbonyl (C=S) groups is 1. The molecule has 9 heteroatoms. The molecule has 0 bridgehead atoms. The molecule has 2 N–H and O–H groups in total. The van der Waals surface area contributed by atoms with Crippen LogP contribution in [0, 0.1) is 17.0 Å². The summed E-state index contributed by atoms with van der Waals surface area (Å²) in [6.07, 6.45) is 2.31. The van der Waals surface area contributed by atoms with Crippen molar-refractivity contribution in [1.82, 2.24) is 5.43 Å². The summed E-state index contributed by atoms with van der Waals surface area (Å²) in [6.45, 7) is 1.94. The Balaban J connectivity index is 1.57. The van der Waals surface area contributed by atoms with Gasteiger partial charge in [0, 0.05) is 35.5 Å². The van der Waals surface area contributed by atoms with E-state index in [0.29, 0.717) is 28.6 Å². The lowest BCUT2D eigenvalue weighted by Crippen LogP contribution is -2.23. The molecule has 3 rings (SSSR count). The lowest BCUT2D eigenvalue weighted by molar-refractivity contribution is -0.385. The number of nitrogens with zero attached hydrogens (tertiary/aromatic N) is 2. The molecule has 8 nitrogen and oxygen atoms in total. The van der Waals surface area contributed by atoms with Crippen molar-refractivity contribution < 1.29 is 14.4 Å². The average Bonchev–Trinajstić information content (AvgIpc) is 2.81. The number of rotatable bonds is 9. The van der Waals surface area contributed by atoms with Crippen molar-refractivity contribution in [3.05, 3.63) is 93.5 Å². The number of hydrogen-bond acceptors (Lipinski definition) is 6. The second kappa shape index (κ2) is 11.6. The molecule has 170 valence electrons. The molecule has 0 amide bonds. The van der Waals surface area contributed by atoms with Crippen LogP contribution in [0.4, 0.5) is 11.4 Å². The van der Waals surface area contributed by atoms with Crippen molar-refractivity contribution in [3.63, 3.8) is 0 Å². The Morgan fingerprint density at radius 1 is 1.15 bits per heavy atom. The minimum atomic E-state index is -0.410. The maximum atomic E-state index is 11.0. The average molecular weight is 465 g/mol. The molecule has 0 aliphatic carbocycles. The van der Waals surface area contributed by atoms with E-state index in [4.69, 9.17) is 21.7 Å². The van der Waals surface area contributed by atoms with Gasteiger partial charge in [-0.2, -0.15) is 5.10 Å². The van der Waals surface area contributed by atoms with Gasteiger partial charge in [0.25, 0.3) is 5.69 Å². The van der Waals surface area contributed by atoms with Gasteiger partial charge in [0.2, 0.25) is 0 Å². The highest BCUT2D eigenvalue weighted by Crippen LogP contribution is 2.26. The number of nitro groups is 1. The fourth-order valence-electron chi connectivity index (χ4n) is 3.09. The van der Waals surface area contributed by atoms with Crippen LogP contribution in [0.5, 0.6) is 11.5 Å². The van der Waals surface area contributed by atoms with Crippen LogP contribution in [0.2, 0.25) is 0 Å². The molecule has 3 aromatic rings. The fraction of sp³-hybridized carbons (Fsp3) is 0.167. The lowest BCUT2D eigenvalue weighted by atomic mass is 10.1. The van der Waals surface area contributed by atoms with Crippen LogP contribution in [0.1, 0.15) is 16.7 Å². The number of methoxy groups -OCH3 is 1. The molecule has 33 heavy (non-hydrogen) atoms. The predicted molar refractivity (Wildman–Crippen MR) is 133 cm³/mol. The largest absolute Gasteiger partial charge is 0.496 e. The molecular weight excluding hydrogens is 440 g/mol. The van der Waals surface area contributed by atoms with Crippen LogP contribution in [0.15, 0.2) is 71.8 Å². The van der Waals surface area contributed by atoms with Gasteiger partial charge in [-0.25, -0.2) is 0 Å². The van der Waals surface area contributed by atoms with E-state index >= 15 is 0 Å². The fourth-order valence-corrected chi connectivity index (χ4v) is 3.26. The van der Waals surface area contributed by atoms with Gasteiger partial charge in [-0.1, -0.05) is 24.3 Å². The number of aryl methyl sites for hydroxylation is 1. The normalized spacial score (nSPS) is 10.6. The zero-order valence-corrected chi connectivity index (χ0v) is 19.1. The summed E-state index contributed by atoms with van der Waals surface area (Å²) < 4.78 is 11.3. The summed E-state index contributed by atoms with van der Waals surface area (Å²) in [6, 6.07) is 20.1. The first-order valence-corrected chi connectivity index (χ1v) is 10.5. The molecule has 0 saturated heterocycles. The van der Waals surface area contributed by atoms with Crippen LogP contribution in [-0.4, -0.2) is 23.4 Å². The van der Waals surface area contributed by atoms with E-state index in [-0.39, 0.29) is 12.3 Å². The molecule has 0 saturated carbocycles. The Bertz CT molecular complexity index is 1150. The van der Waals surface area contributed by atoms with E-state index in [1.807, 2.05) is 48.5 Å². The third-order valence-corrected chi connectivity index (χ3v) is 4.91. The van der Waals surface area contributed by atoms with E-state index in [1.54, 1.807) is 32.4 Å². The summed E-state index contributed by atoms with van der Waals surface area (Å²) in [5.74, 6) is 1.25. The number of hydrogen-bond donors (Lipinski definition) is 2. The molecule has 0 radical (unpaired) electrons. The first kappa shape index (κ1) is 23.7. The van der Waals surface area contributed by atoms with Crippen LogP contribution in [-0.2, 0) is 13.0 Å². The summed E-state index contributed by atoms with van der Waals surface area (Å²) >= 11 is 5.23. The minimum Gasteiger partial charge on any atom is -0.496 e. The van der Waals surface area contributed by atoms with Gasteiger partial charge in [0.15, 0.2) is 5.11 Å². The molecule has 0 heterocycles. The third kappa shape index (κ3) is 7.01. The van der Waals surface area contributed by atoms with Crippen molar-refractivity contribution in [1.29, 1.82) is 0 Å². The van der Waals surface area contributed by atoms with Crippen molar-refractivity contribution in [2.45, 2.75) is 20.0 Å². The molecule has 0 unspecified atom stereocenters. The van der Waals surface area contributed by atoms with E-state index in [1.165, 1.54) is 6.07 Å². The number of para-hydroxylation sites is 1. The van der Waals surface area contributed by atoms with Crippen LogP contribution >= 0.6 is 12.2 Å². The molecule has 0 spiro atoms. The summed E-state index contributed by atoms with van der Waals surface area (Å²) in [5, 5.41) is 18.6. The van der Waals surface area contributed by atoms with Gasteiger partial charge in [-0.05, 0) is 61.1 Å². The van der Waals surface area contributed by atoms with Crippen LogP contribution < -0.4 is 20.2 Å². The Morgan fingerprint density at radius 2 is 1.94 bits per heavy atom. The second-order valence-corrected chi connectivity index (χ2v) is 7.50. The Kier molecular flexibility index (Phi) is 8.31. The molecule has 3 aromatic carbocycles. The highest BCUT2D eigenvalue weighted by Gasteiger charge is 2.11. The highest BCUT2D eigenvalue weighted by atomic mass is 32.1. The van der Waals surface area contributed by atoms with Crippen molar-refractivity contribution in [2.24, 2.45) is 5.10 Å². The Morgan fingerprint density at radius 3 is 2.64 bits per heavy atom. The Hall–Kier alpha value is -3.98. The molecular formula is C24H24N4O4S. The minimum absolute atomic E-state index is 0.0632. The van der Waals surface area contributed by atoms with E-state index in [0.717, 1.165) is 16.8 Å². The van der Waals surface area contributed by atoms with E-state index in [2.05, 4.69) is 15.8 Å². The predicted octanol–water partition coefficient (Wildman–Crippen LogP) is 5.01. The van der Waals surface area contributed by atoms with Gasteiger partial charge in [-0.3, -0.25) is 15.5 Å². The summed E-state index contributed by atoms with van der Waals surface area (Å²) in [4.78, 5) is 10.6. The number of nitrogens with one attached hydrogen (secondary N) is 2. The molecule has 0 aliphatic rings. The maximum absolute atomic E-state index is 11.0. The number of benzene rings is 3. The first-order valence-electron chi connectivity index (χ1n) is 10.1. The SMILES string of the molecule is COc1ccc(C/C=N/NC(=S)Nc2ccccc2)cc1COc1ccc([N+](=O)[O-])c(C)c1. The molecule has 0 fully saturated rings. The van der Waals surface area contributed by atoms with Gasteiger partial charge >= 0.3 is 0 Å². The maximum Gasteiger partial charge on any atom is 0.272 e. The zero-order chi connectivity index (χ0) is 23.6. The van der Waals surface area contributed by atoms with Crippen molar-refractivity contribution in [3.8, 4) is 11.5 Å². The Labute approximate surface area is 197 Å². The van der Waals surface area contributed by atoms with Crippen LogP contribution in [0.3, 0.4) is 0 Å². The van der Waals surface area contributed by atoms with Crippen molar-refractivity contribution in [2.75, 3.05) is 12.4 Å². The smallest absolute Gasteiger partial charge is 0.272 e. The lowest BCUT2D eigenvalue weighted by Gasteiger charge is -2.12. The number of hydrazone groups is 1. The van der Waals surface area contributed by atoms with E-state index < -0.39 is 4.92 Å². The second-order valence-electron chi connectivity index (χ2n) is 7.09. The molecule has 0 aliphatic heterocycles. The monoisotopic (exact) mass is 464 g/mol. The number of ether oxygens (including phenoxy) is 2. The van der Waals surface area contributed by atoms with Gasteiger partial charge in [0.1, 0.15) is 18.1 Å². The molecule has 0 aromatic heterocycles. The quantitative estimate of drug-likeness (QED) is 0.199. The standard InChI is InChI=1S/C24H24N4O4S/c1-17-14-21(9-10-22(17)28(29)30)32-16-19-15-18(8-11-23(19)31-2)12-13-25-27-24(33)26-20-6-4-3-5-7-20/h3-11,13-15H,12,16H2,1-2H3,(H2,26,27,33)/b25-13+. The summed E-state index contributed by atoms with van der Waals surface area (Å²) in [5.41, 5.74) is 6.16. The van der Waals surface area contributed by atoms with E-state index in [9.17, 15) is 10.1 Å². The third-order valence-electron chi connectivity index (χ3n) is 4.72. The van der Waals surface area contributed by atoms with Crippen molar-refractivity contribution >= 4 is 34.9 Å². The molecule has 0 atom stereocenters. The first-order chi connectivity index (χ1) is 16.0.